The second-order valence-electron chi connectivity index (χ2n) is 2.78. The first-order valence-electron chi connectivity index (χ1n) is 3.82. The molecule has 0 saturated heterocycles. The number of hydrogen-bond donors (Lipinski definition) is 0. The van der Waals surface area contributed by atoms with E-state index in [4.69, 9.17) is 16.0 Å². The largest absolute Gasteiger partial charge is 0.433 e. The van der Waals surface area contributed by atoms with Gasteiger partial charge in [-0.25, -0.2) is 4.98 Å². The first-order chi connectivity index (χ1) is 5.63. The average Bonchev–Trinajstić information content (AvgIpc) is 2.31. The molecule has 0 amide bonds. The molecular weight excluding hydrogens is 194 g/mol. The third-order valence-electron chi connectivity index (χ3n) is 1.26. The summed E-state index contributed by atoms with van der Waals surface area (Å²) in [6.45, 7) is 6.17. The quantitative estimate of drug-likeness (QED) is 0.560. The van der Waals surface area contributed by atoms with Crippen molar-refractivity contribution in [3.05, 3.63) is 11.6 Å². The molecule has 0 aliphatic carbocycles. The molecule has 0 aliphatic heterocycles. The maximum atomic E-state index is 5.58. The summed E-state index contributed by atoms with van der Waals surface area (Å²) in [6, 6.07) is 0. The monoisotopic (exact) mass is 205 g/mol. The summed E-state index contributed by atoms with van der Waals surface area (Å²) in [5, 5.41) is 1.40. The zero-order valence-electron chi connectivity index (χ0n) is 7.43. The van der Waals surface area contributed by atoms with Gasteiger partial charge in [0.05, 0.1) is 11.6 Å². The lowest BCUT2D eigenvalue weighted by Crippen LogP contribution is -1.85. The van der Waals surface area contributed by atoms with Gasteiger partial charge in [0.2, 0.25) is 5.89 Å². The van der Waals surface area contributed by atoms with Crippen molar-refractivity contribution in [2.24, 2.45) is 0 Å². The van der Waals surface area contributed by atoms with Gasteiger partial charge < -0.3 is 4.42 Å². The second-order valence-corrected chi connectivity index (χ2v) is 4.60. The Bertz CT molecular complexity index is 260. The molecule has 0 bridgehead atoms. The van der Waals surface area contributed by atoms with E-state index in [-0.39, 0.29) is 0 Å². The summed E-state index contributed by atoms with van der Waals surface area (Å²) in [5.41, 5.74) is 0.935. The van der Waals surface area contributed by atoms with Crippen LogP contribution in [0.1, 0.15) is 25.4 Å². The normalized spacial score (nSPS) is 11.1. The number of nitrogens with zero attached hydrogens (tertiary/aromatic N) is 1. The number of aryl methyl sites for hydroxylation is 1. The summed E-state index contributed by atoms with van der Waals surface area (Å²) in [6.07, 6.45) is 0. The second kappa shape index (κ2) is 4.19. The highest BCUT2D eigenvalue weighted by Gasteiger charge is 2.10. The SMILES string of the molecule is Cc1nc(CCl)oc1SC(C)C. The highest BCUT2D eigenvalue weighted by molar-refractivity contribution is 7.99. The van der Waals surface area contributed by atoms with Crippen molar-refractivity contribution in [3.8, 4) is 0 Å². The minimum Gasteiger partial charge on any atom is -0.433 e. The summed E-state index contributed by atoms with van der Waals surface area (Å²) in [4.78, 5) is 4.16. The van der Waals surface area contributed by atoms with Crippen LogP contribution in [0.5, 0.6) is 0 Å². The summed E-state index contributed by atoms with van der Waals surface area (Å²) < 4.78 is 5.39. The number of aromatic nitrogens is 1. The zero-order valence-corrected chi connectivity index (χ0v) is 9.00. The zero-order chi connectivity index (χ0) is 9.14. The van der Waals surface area contributed by atoms with Crippen LogP contribution in [-0.2, 0) is 5.88 Å². The predicted octanol–water partition coefficient (Wildman–Crippen LogP) is 3.22. The minimum atomic E-state index is 0.347. The molecular formula is C8H12ClNOS. The Morgan fingerprint density at radius 3 is 2.67 bits per heavy atom. The molecule has 0 fully saturated rings. The van der Waals surface area contributed by atoms with Crippen LogP contribution in [0, 0.1) is 6.92 Å². The maximum Gasteiger partial charge on any atom is 0.210 e. The number of halogens is 1. The Balaban J connectivity index is 2.77. The average molecular weight is 206 g/mol. The Kier molecular flexibility index (Phi) is 3.47. The standard InChI is InChI=1S/C8H12ClNOS/c1-5(2)12-8-6(3)10-7(4-9)11-8/h5H,4H2,1-3H3. The molecule has 0 atom stereocenters. The van der Waals surface area contributed by atoms with Gasteiger partial charge in [-0.2, -0.15) is 0 Å². The third-order valence-corrected chi connectivity index (χ3v) is 2.55. The molecule has 2 nitrogen and oxygen atoms in total. The molecule has 0 spiro atoms. The maximum absolute atomic E-state index is 5.58. The molecule has 4 heteroatoms. The Hall–Kier alpha value is -0.150. The molecule has 0 saturated carbocycles. The Labute approximate surface area is 81.7 Å². The summed E-state index contributed by atoms with van der Waals surface area (Å²) >= 11 is 7.26. The highest BCUT2D eigenvalue weighted by atomic mass is 35.5. The summed E-state index contributed by atoms with van der Waals surface area (Å²) in [5.74, 6) is 0.955. The van der Waals surface area contributed by atoms with Crippen LogP contribution in [0.3, 0.4) is 0 Å². The van der Waals surface area contributed by atoms with Crippen LogP contribution < -0.4 is 0 Å². The molecule has 0 radical (unpaired) electrons. The number of oxazole rings is 1. The molecule has 0 unspecified atom stereocenters. The van der Waals surface area contributed by atoms with Gasteiger partial charge in [0.15, 0.2) is 5.09 Å². The van der Waals surface area contributed by atoms with Gasteiger partial charge in [-0.3, -0.25) is 0 Å². The lowest BCUT2D eigenvalue weighted by molar-refractivity contribution is 0.435. The smallest absolute Gasteiger partial charge is 0.210 e. The molecule has 0 N–H and O–H groups in total. The van der Waals surface area contributed by atoms with Crippen LogP contribution in [0.15, 0.2) is 9.51 Å². The number of alkyl halides is 1. The lowest BCUT2D eigenvalue weighted by Gasteiger charge is -1.99. The van der Waals surface area contributed by atoms with Crippen LogP contribution >= 0.6 is 23.4 Å². The van der Waals surface area contributed by atoms with Crippen LogP contribution in [0.2, 0.25) is 0 Å². The van der Waals surface area contributed by atoms with E-state index >= 15 is 0 Å². The third kappa shape index (κ3) is 2.42. The van der Waals surface area contributed by atoms with Crippen molar-refractivity contribution < 1.29 is 4.42 Å². The molecule has 1 rings (SSSR count). The van der Waals surface area contributed by atoms with E-state index < -0.39 is 0 Å². The van der Waals surface area contributed by atoms with Gasteiger partial charge in [0.25, 0.3) is 0 Å². The molecule has 12 heavy (non-hydrogen) atoms. The molecule has 1 aromatic heterocycles. The van der Waals surface area contributed by atoms with Gasteiger partial charge in [0.1, 0.15) is 0 Å². The van der Waals surface area contributed by atoms with E-state index in [0.29, 0.717) is 17.0 Å². The van der Waals surface area contributed by atoms with Crippen molar-refractivity contribution in [2.45, 2.75) is 37.0 Å². The van der Waals surface area contributed by atoms with Crippen molar-refractivity contribution in [1.29, 1.82) is 0 Å². The molecule has 0 aliphatic rings. The van der Waals surface area contributed by atoms with E-state index in [0.717, 1.165) is 10.8 Å². The van der Waals surface area contributed by atoms with Crippen molar-refractivity contribution >= 4 is 23.4 Å². The van der Waals surface area contributed by atoms with Gasteiger partial charge in [-0.15, -0.1) is 11.6 Å². The first kappa shape index (κ1) is 9.93. The topological polar surface area (TPSA) is 26.0 Å². The minimum absolute atomic E-state index is 0.347. The van der Waals surface area contributed by atoms with Crippen LogP contribution in [-0.4, -0.2) is 10.2 Å². The van der Waals surface area contributed by atoms with E-state index in [1.807, 2.05) is 6.92 Å². The van der Waals surface area contributed by atoms with Crippen molar-refractivity contribution in [1.82, 2.24) is 4.98 Å². The predicted molar refractivity (Wildman–Crippen MR) is 51.8 cm³/mol. The fraction of sp³-hybridized carbons (Fsp3) is 0.625. The van der Waals surface area contributed by atoms with E-state index in [1.165, 1.54) is 0 Å². The Morgan fingerprint density at radius 1 is 1.58 bits per heavy atom. The van der Waals surface area contributed by atoms with Gasteiger partial charge in [0, 0.05) is 5.25 Å². The molecule has 1 heterocycles. The van der Waals surface area contributed by atoms with Crippen molar-refractivity contribution in [2.75, 3.05) is 0 Å². The van der Waals surface area contributed by atoms with E-state index in [2.05, 4.69) is 18.8 Å². The number of hydrogen-bond acceptors (Lipinski definition) is 3. The van der Waals surface area contributed by atoms with Gasteiger partial charge >= 0.3 is 0 Å². The van der Waals surface area contributed by atoms with E-state index in [1.54, 1.807) is 11.8 Å². The van der Waals surface area contributed by atoms with Gasteiger partial charge in [-0.1, -0.05) is 25.6 Å². The lowest BCUT2D eigenvalue weighted by atomic mass is 10.6. The highest BCUT2D eigenvalue weighted by Crippen LogP contribution is 2.27. The van der Waals surface area contributed by atoms with Crippen molar-refractivity contribution in [3.63, 3.8) is 0 Å². The first-order valence-corrected chi connectivity index (χ1v) is 5.23. The molecule has 68 valence electrons. The fourth-order valence-corrected chi connectivity index (χ4v) is 1.72. The number of thioether (sulfide) groups is 1. The van der Waals surface area contributed by atoms with E-state index in [9.17, 15) is 0 Å². The van der Waals surface area contributed by atoms with Crippen LogP contribution in [0.25, 0.3) is 0 Å². The van der Waals surface area contributed by atoms with Crippen LogP contribution in [0.4, 0.5) is 0 Å². The fourth-order valence-electron chi connectivity index (χ4n) is 0.817. The molecule has 1 aromatic rings. The molecule has 0 aromatic carbocycles. The van der Waals surface area contributed by atoms with Gasteiger partial charge in [-0.05, 0) is 6.92 Å². The number of rotatable bonds is 3. The Morgan fingerprint density at radius 2 is 2.25 bits per heavy atom. The summed E-state index contributed by atoms with van der Waals surface area (Å²) in [7, 11) is 0.